The number of halogens is 2. The molecule has 0 heterocycles. The number of rotatable bonds is 4. The van der Waals surface area contributed by atoms with Gasteiger partial charge in [-0.3, -0.25) is 4.79 Å². The minimum atomic E-state index is -2.82. The molecule has 0 spiro atoms. The highest BCUT2D eigenvalue weighted by Gasteiger charge is 2.27. The first-order chi connectivity index (χ1) is 7.41. The molecule has 0 saturated carbocycles. The Morgan fingerprint density at radius 1 is 1.44 bits per heavy atom. The van der Waals surface area contributed by atoms with E-state index >= 15 is 0 Å². The van der Waals surface area contributed by atoms with Gasteiger partial charge in [0.2, 0.25) is 6.43 Å². The monoisotopic (exact) mass is 230 g/mol. The van der Waals surface area contributed by atoms with E-state index in [2.05, 4.69) is 0 Å². The van der Waals surface area contributed by atoms with Gasteiger partial charge in [0, 0.05) is 5.56 Å². The lowest BCUT2D eigenvalue weighted by molar-refractivity contribution is -0.138. The second-order valence-electron chi connectivity index (χ2n) is 3.60. The maximum Gasteiger partial charge on any atom is 0.304 e. The molecule has 0 aliphatic rings. The molecule has 0 amide bonds. The van der Waals surface area contributed by atoms with Gasteiger partial charge in [-0.1, -0.05) is 12.1 Å². The molecule has 1 aromatic rings. The third-order valence-corrected chi connectivity index (χ3v) is 2.28. The van der Waals surface area contributed by atoms with Crippen molar-refractivity contribution in [3.8, 4) is 5.75 Å². The number of phenolic OH excluding ortho intramolecular Hbond substituents is 1. The van der Waals surface area contributed by atoms with Gasteiger partial charge in [0.1, 0.15) is 5.75 Å². The summed E-state index contributed by atoms with van der Waals surface area (Å²) in [5, 5.41) is 18.0. The molecule has 0 bridgehead atoms. The maximum atomic E-state index is 12.7. The van der Waals surface area contributed by atoms with Crippen molar-refractivity contribution >= 4 is 5.97 Å². The number of benzene rings is 1. The second-order valence-corrected chi connectivity index (χ2v) is 3.60. The third kappa shape index (κ3) is 2.92. The molecule has 2 N–H and O–H groups in total. The van der Waals surface area contributed by atoms with Crippen LogP contribution in [0.2, 0.25) is 0 Å². The summed E-state index contributed by atoms with van der Waals surface area (Å²) in [5.74, 6) is -3.07. The number of carboxylic acids is 1. The zero-order valence-corrected chi connectivity index (χ0v) is 8.65. The van der Waals surface area contributed by atoms with Crippen molar-refractivity contribution in [1.82, 2.24) is 0 Å². The maximum absolute atomic E-state index is 12.7. The van der Waals surface area contributed by atoms with E-state index in [4.69, 9.17) is 5.11 Å². The summed E-state index contributed by atoms with van der Waals surface area (Å²) in [6, 6.07) is 4.24. The molecule has 16 heavy (non-hydrogen) atoms. The molecule has 0 aliphatic carbocycles. The molecule has 88 valence electrons. The highest BCUT2D eigenvalue weighted by molar-refractivity contribution is 5.68. The molecule has 1 rings (SSSR count). The zero-order chi connectivity index (χ0) is 12.3. The number of aryl methyl sites for hydroxylation is 1. The number of aliphatic carboxylic acids is 1. The standard InChI is InChI=1S/C11H12F2O3/c1-6-2-3-7(9(14)4-6)8(11(12)13)5-10(15)16/h2-4,8,11,14H,5H2,1H3,(H,15,16). The molecule has 5 heteroatoms. The summed E-state index contributed by atoms with van der Waals surface area (Å²) < 4.78 is 25.3. The SMILES string of the molecule is Cc1ccc(C(CC(=O)O)C(F)F)c(O)c1. The third-order valence-electron chi connectivity index (χ3n) is 2.28. The zero-order valence-electron chi connectivity index (χ0n) is 8.65. The number of carboxylic acid groups (broad SMARTS) is 1. The first-order valence-corrected chi connectivity index (χ1v) is 4.71. The molecule has 0 aromatic heterocycles. The number of phenols is 1. The predicted octanol–water partition coefficient (Wildman–Crippen LogP) is 2.52. The van der Waals surface area contributed by atoms with Crippen molar-refractivity contribution in [2.75, 3.05) is 0 Å². The lowest BCUT2D eigenvalue weighted by Crippen LogP contribution is -2.14. The molecule has 0 saturated heterocycles. The van der Waals surface area contributed by atoms with Crippen molar-refractivity contribution in [3.05, 3.63) is 29.3 Å². The van der Waals surface area contributed by atoms with Gasteiger partial charge in [-0.25, -0.2) is 8.78 Å². The van der Waals surface area contributed by atoms with E-state index in [0.29, 0.717) is 0 Å². The number of carbonyl (C=O) groups is 1. The number of hydrogen-bond donors (Lipinski definition) is 2. The van der Waals surface area contributed by atoms with Gasteiger partial charge in [-0.15, -0.1) is 0 Å². The van der Waals surface area contributed by atoms with E-state index in [9.17, 15) is 18.7 Å². The molecule has 3 nitrogen and oxygen atoms in total. The quantitative estimate of drug-likeness (QED) is 0.835. The van der Waals surface area contributed by atoms with Crippen LogP contribution in [-0.2, 0) is 4.79 Å². The Morgan fingerprint density at radius 3 is 2.50 bits per heavy atom. The summed E-state index contributed by atoms with van der Waals surface area (Å²) in [6.45, 7) is 1.71. The van der Waals surface area contributed by atoms with E-state index < -0.39 is 24.7 Å². The van der Waals surface area contributed by atoms with E-state index in [0.717, 1.165) is 5.56 Å². The molecule has 1 aromatic carbocycles. The van der Waals surface area contributed by atoms with Gasteiger partial charge in [0.05, 0.1) is 12.3 Å². The lowest BCUT2D eigenvalue weighted by atomic mass is 9.94. The van der Waals surface area contributed by atoms with Crippen LogP contribution in [0.25, 0.3) is 0 Å². The summed E-state index contributed by atoms with van der Waals surface area (Å²) in [5.41, 5.74) is 0.701. The number of hydrogen-bond acceptors (Lipinski definition) is 2. The van der Waals surface area contributed by atoms with Crippen molar-refractivity contribution in [2.24, 2.45) is 0 Å². The van der Waals surface area contributed by atoms with Gasteiger partial charge >= 0.3 is 5.97 Å². The first kappa shape index (κ1) is 12.4. The number of aromatic hydroxyl groups is 1. The summed E-state index contributed by atoms with van der Waals surface area (Å²) in [4.78, 5) is 10.5. The fraction of sp³-hybridized carbons (Fsp3) is 0.364. The van der Waals surface area contributed by atoms with Crippen LogP contribution in [-0.4, -0.2) is 22.6 Å². The van der Waals surface area contributed by atoms with Crippen molar-refractivity contribution in [2.45, 2.75) is 25.7 Å². The predicted molar refractivity (Wildman–Crippen MR) is 53.8 cm³/mol. The summed E-state index contributed by atoms with van der Waals surface area (Å²) >= 11 is 0. The summed E-state index contributed by atoms with van der Waals surface area (Å²) in [6.07, 6.45) is -3.52. The fourth-order valence-electron chi connectivity index (χ4n) is 1.49. The highest BCUT2D eigenvalue weighted by Crippen LogP contribution is 2.33. The van der Waals surface area contributed by atoms with Crippen LogP contribution in [0.1, 0.15) is 23.5 Å². The Kier molecular flexibility index (Phi) is 3.82. The van der Waals surface area contributed by atoms with Gasteiger partial charge in [-0.05, 0) is 18.6 Å². The van der Waals surface area contributed by atoms with Crippen LogP contribution in [0.3, 0.4) is 0 Å². The Bertz CT molecular complexity index is 391. The molecule has 1 unspecified atom stereocenters. The summed E-state index contributed by atoms with van der Waals surface area (Å²) in [7, 11) is 0. The van der Waals surface area contributed by atoms with Crippen LogP contribution in [0.15, 0.2) is 18.2 Å². The molecule has 0 aliphatic heterocycles. The molecular weight excluding hydrogens is 218 g/mol. The van der Waals surface area contributed by atoms with Crippen molar-refractivity contribution in [1.29, 1.82) is 0 Å². The van der Waals surface area contributed by atoms with E-state index in [1.807, 2.05) is 0 Å². The Morgan fingerprint density at radius 2 is 2.06 bits per heavy atom. The second kappa shape index (κ2) is 4.92. The molecule has 0 radical (unpaired) electrons. The minimum absolute atomic E-state index is 0.0250. The Balaban J connectivity index is 3.05. The highest BCUT2D eigenvalue weighted by atomic mass is 19.3. The van der Waals surface area contributed by atoms with Crippen LogP contribution < -0.4 is 0 Å². The topological polar surface area (TPSA) is 57.5 Å². The van der Waals surface area contributed by atoms with E-state index in [1.165, 1.54) is 12.1 Å². The Labute approximate surface area is 91.3 Å². The van der Waals surface area contributed by atoms with Crippen molar-refractivity contribution in [3.63, 3.8) is 0 Å². The minimum Gasteiger partial charge on any atom is -0.508 e. The van der Waals surface area contributed by atoms with Gasteiger partial charge in [-0.2, -0.15) is 0 Å². The largest absolute Gasteiger partial charge is 0.508 e. The van der Waals surface area contributed by atoms with Crippen LogP contribution in [0.4, 0.5) is 8.78 Å². The molecule has 0 fully saturated rings. The van der Waals surface area contributed by atoms with Gasteiger partial charge in [0.25, 0.3) is 0 Å². The van der Waals surface area contributed by atoms with Crippen LogP contribution in [0, 0.1) is 6.92 Å². The van der Waals surface area contributed by atoms with Crippen LogP contribution >= 0.6 is 0 Å². The van der Waals surface area contributed by atoms with Gasteiger partial charge in [0.15, 0.2) is 0 Å². The van der Waals surface area contributed by atoms with E-state index in [-0.39, 0.29) is 11.3 Å². The normalized spacial score (nSPS) is 12.8. The first-order valence-electron chi connectivity index (χ1n) is 4.71. The van der Waals surface area contributed by atoms with Gasteiger partial charge < -0.3 is 10.2 Å². The van der Waals surface area contributed by atoms with Crippen molar-refractivity contribution < 1.29 is 23.8 Å². The molecule has 1 atom stereocenters. The van der Waals surface area contributed by atoms with E-state index in [1.54, 1.807) is 13.0 Å². The average molecular weight is 230 g/mol. The fourth-order valence-corrected chi connectivity index (χ4v) is 1.49. The lowest BCUT2D eigenvalue weighted by Gasteiger charge is -2.15. The average Bonchev–Trinajstić information content (AvgIpc) is 2.14. The number of alkyl halides is 2. The van der Waals surface area contributed by atoms with Crippen LogP contribution in [0.5, 0.6) is 5.75 Å². The Hall–Kier alpha value is -1.65. The smallest absolute Gasteiger partial charge is 0.304 e. The molecular formula is C11H12F2O3.